The molecule has 2 unspecified atom stereocenters. The van der Waals surface area contributed by atoms with Crippen LogP contribution in [-0.2, 0) is 34.6 Å². The van der Waals surface area contributed by atoms with Gasteiger partial charge in [0.25, 0.3) is 0 Å². The molecule has 0 radical (unpaired) electrons. The number of amides is 1. The van der Waals surface area contributed by atoms with Crippen LogP contribution < -0.4 is 9.84 Å². The molecule has 0 aliphatic rings. The van der Waals surface area contributed by atoms with Crippen LogP contribution in [0, 0.1) is 5.92 Å². The number of Topliss-reactive ketones (excluding diaryl/α,β-unsaturated/α-hetero) is 1. The van der Waals surface area contributed by atoms with Gasteiger partial charge in [0.1, 0.15) is 5.75 Å². The highest BCUT2D eigenvalue weighted by Gasteiger charge is 2.28. The lowest BCUT2D eigenvalue weighted by Crippen LogP contribution is -2.28. The van der Waals surface area contributed by atoms with E-state index in [-0.39, 0.29) is 49.6 Å². The summed E-state index contributed by atoms with van der Waals surface area (Å²) in [7, 11) is -3.83. The van der Waals surface area contributed by atoms with Gasteiger partial charge in [-0.05, 0) is 55.5 Å². The molecule has 40 heavy (non-hydrogen) atoms. The largest absolute Gasteiger partial charge is 0.481 e. The summed E-state index contributed by atoms with van der Waals surface area (Å²) in [6, 6.07) is 13.4. The summed E-state index contributed by atoms with van der Waals surface area (Å²) in [5, 5.41) is 12.0. The first kappa shape index (κ1) is 32.7. The maximum atomic E-state index is 13.3. The van der Waals surface area contributed by atoms with Crippen molar-refractivity contribution in [2.45, 2.75) is 52.9 Å². The molecule has 2 aromatic rings. The van der Waals surface area contributed by atoms with Gasteiger partial charge >= 0.3 is 19.5 Å². The van der Waals surface area contributed by atoms with E-state index in [2.05, 4.69) is 5.32 Å². The van der Waals surface area contributed by atoms with Gasteiger partial charge in [-0.1, -0.05) is 44.2 Å². The fraction of sp³-hybridized carbons (Fsp3) is 0.448. The summed E-state index contributed by atoms with van der Waals surface area (Å²) in [6.45, 7) is 6.72. The predicted molar refractivity (Wildman–Crippen MR) is 150 cm³/mol. The van der Waals surface area contributed by atoms with E-state index in [0.29, 0.717) is 17.5 Å². The van der Waals surface area contributed by atoms with E-state index in [1.807, 2.05) is 13.8 Å². The number of benzene rings is 2. The number of carbonyl (C=O) groups excluding carboxylic acids is 3. The molecule has 0 saturated carbocycles. The number of carboxylic acid groups (broad SMARTS) is 1. The van der Waals surface area contributed by atoms with Crippen LogP contribution in [0.3, 0.4) is 0 Å². The maximum absolute atomic E-state index is 13.3. The van der Waals surface area contributed by atoms with Gasteiger partial charge in [-0.25, -0.2) is 9.36 Å². The summed E-state index contributed by atoms with van der Waals surface area (Å²) in [4.78, 5) is 48.7. The van der Waals surface area contributed by atoms with Crippen molar-refractivity contribution < 1.29 is 42.6 Å². The lowest BCUT2D eigenvalue weighted by Gasteiger charge is -2.19. The number of ether oxygens (including phenoxy) is 1. The van der Waals surface area contributed by atoms with Crippen molar-refractivity contribution >= 4 is 31.2 Å². The number of carboxylic acids is 1. The van der Waals surface area contributed by atoms with Gasteiger partial charge in [0, 0.05) is 24.9 Å². The highest BCUT2D eigenvalue weighted by molar-refractivity contribution is 7.54. The molecule has 2 rings (SSSR count). The molecule has 0 aliphatic heterocycles. The first-order valence-corrected chi connectivity index (χ1v) is 15.0. The van der Waals surface area contributed by atoms with Crippen molar-refractivity contribution in [1.82, 2.24) is 5.32 Å². The molecular formula is C29H38NO9P. The summed E-state index contributed by atoms with van der Waals surface area (Å²) in [5.74, 6) is -2.61. The van der Waals surface area contributed by atoms with Crippen molar-refractivity contribution in [3.63, 3.8) is 0 Å². The van der Waals surface area contributed by atoms with Gasteiger partial charge in [0.05, 0.1) is 18.7 Å². The fourth-order valence-corrected chi connectivity index (χ4v) is 5.20. The van der Waals surface area contributed by atoms with Crippen molar-refractivity contribution in [3.05, 3.63) is 65.2 Å². The molecule has 10 nitrogen and oxygen atoms in total. The molecule has 2 N–H and O–H groups in total. The van der Waals surface area contributed by atoms with Gasteiger partial charge in [-0.15, -0.1) is 0 Å². The molecule has 0 saturated heterocycles. The Hall–Kier alpha value is -3.49. The molecular weight excluding hydrogens is 537 g/mol. The van der Waals surface area contributed by atoms with E-state index in [4.69, 9.17) is 13.8 Å². The SMILES string of the molecule is CCOC(=O)COP(=O)(CCNC(=O)CCC(=O)c1cc(C(C)C(=O)O)ccc1CC(C)C)Oc1ccccc1. The number of para-hydroxylation sites is 1. The van der Waals surface area contributed by atoms with Gasteiger partial charge in [0.2, 0.25) is 5.91 Å². The zero-order chi connectivity index (χ0) is 29.7. The van der Waals surface area contributed by atoms with Crippen molar-refractivity contribution in [1.29, 1.82) is 0 Å². The third-order valence-electron chi connectivity index (χ3n) is 5.89. The molecule has 2 aromatic carbocycles. The average molecular weight is 576 g/mol. The van der Waals surface area contributed by atoms with Crippen LogP contribution in [0.25, 0.3) is 0 Å². The smallest absolute Gasteiger partial charge is 0.381 e. The molecule has 1 amide bonds. The molecule has 0 aromatic heterocycles. The Morgan fingerprint density at radius 3 is 2.33 bits per heavy atom. The quantitative estimate of drug-likeness (QED) is 0.151. The lowest BCUT2D eigenvalue weighted by molar-refractivity contribution is -0.145. The Labute approximate surface area is 234 Å². The van der Waals surface area contributed by atoms with Gasteiger partial charge < -0.3 is 19.7 Å². The van der Waals surface area contributed by atoms with Gasteiger partial charge in [-0.2, -0.15) is 0 Å². The van der Waals surface area contributed by atoms with Crippen molar-refractivity contribution in [2.24, 2.45) is 5.92 Å². The van der Waals surface area contributed by atoms with E-state index in [1.165, 1.54) is 0 Å². The molecule has 0 spiro atoms. The third kappa shape index (κ3) is 10.9. The van der Waals surface area contributed by atoms with Crippen LogP contribution in [0.15, 0.2) is 48.5 Å². The van der Waals surface area contributed by atoms with Crippen molar-refractivity contribution in [2.75, 3.05) is 25.9 Å². The first-order chi connectivity index (χ1) is 18.9. The summed E-state index contributed by atoms with van der Waals surface area (Å²) >= 11 is 0. The summed E-state index contributed by atoms with van der Waals surface area (Å²) in [6.07, 6.45) is 0.220. The highest BCUT2D eigenvalue weighted by Crippen LogP contribution is 2.47. The second-order valence-electron chi connectivity index (χ2n) is 9.66. The monoisotopic (exact) mass is 575 g/mol. The fourth-order valence-electron chi connectivity index (χ4n) is 3.80. The van der Waals surface area contributed by atoms with Gasteiger partial charge in [0.15, 0.2) is 12.4 Å². The van der Waals surface area contributed by atoms with E-state index >= 15 is 0 Å². The number of nitrogens with one attached hydrogen (secondary N) is 1. The number of hydrogen-bond acceptors (Lipinski definition) is 8. The molecule has 0 bridgehead atoms. The average Bonchev–Trinajstić information content (AvgIpc) is 2.91. The van der Waals surface area contributed by atoms with Crippen molar-refractivity contribution in [3.8, 4) is 5.75 Å². The Morgan fingerprint density at radius 2 is 1.70 bits per heavy atom. The Morgan fingerprint density at radius 1 is 1.00 bits per heavy atom. The van der Waals surface area contributed by atoms with Crippen LogP contribution in [0.2, 0.25) is 0 Å². The van der Waals surface area contributed by atoms with Crippen LogP contribution in [-0.4, -0.2) is 54.7 Å². The Bertz CT molecular complexity index is 1210. The summed E-state index contributed by atoms with van der Waals surface area (Å²) < 4.78 is 28.9. The zero-order valence-electron chi connectivity index (χ0n) is 23.4. The molecule has 218 valence electrons. The standard InChI is InChI=1S/C29H38NO9P/c1-5-37-28(33)19-38-40(36,39-24-9-7-6-8-10-24)16-15-30-27(32)14-13-26(31)25-18-22(21(4)29(34)35)11-12-23(25)17-20(2)3/h6-12,18,20-21H,5,13-17,19H2,1-4H3,(H,30,32)(H,34,35). The van der Waals surface area contributed by atoms with E-state index in [9.17, 15) is 28.8 Å². The molecule has 0 fully saturated rings. The van der Waals surface area contributed by atoms with Crippen LogP contribution in [0.1, 0.15) is 67.9 Å². The number of aliphatic carboxylic acids is 1. The van der Waals surface area contributed by atoms with E-state index < -0.39 is 38.0 Å². The third-order valence-corrected chi connectivity index (χ3v) is 7.67. The van der Waals surface area contributed by atoms with Gasteiger partial charge in [-0.3, -0.25) is 18.9 Å². The highest BCUT2D eigenvalue weighted by atomic mass is 31.2. The predicted octanol–water partition coefficient (Wildman–Crippen LogP) is 5.00. The Kier molecular flexibility index (Phi) is 13.0. The number of rotatable bonds is 17. The lowest BCUT2D eigenvalue weighted by atomic mass is 9.89. The first-order valence-electron chi connectivity index (χ1n) is 13.2. The summed E-state index contributed by atoms with van der Waals surface area (Å²) in [5.41, 5.74) is 1.74. The second kappa shape index (κ2) is 15.9. The number of carbonyl (C=O) groups is 4. The van der Waals surface area contributed by atoms with Crippen LogP contribution in [0.5, 0.6) is 5.75 Å². The maximum Gasteiger partial charge on any atom is 0.381 e. The number of hydrogen-bond donors (Lipinski definition) is 2. The zero-order valence-corrected chi connectivity index (χ0v) is 24.3. The molecule has 2 atom stereocenters. The van der Waals surface area contributed by atoms with E-state index in [0.717, 1.165) is 5.56 Å². The van der Waals surface area contributed by atoms with E-state index in [1.54, 1.807) is 62.4 Å². The number of ketones is 1. The van der Waals surface area contributed by atoms with Crippen LogP contribution >= 0.6 is 7.60 Å². The second-order valence-corrected chi connectivity index (χ2v) is 11.8. The number of esters is 1. The minimum atomic E-state index is -3.83. The molecule has 11 heteroatoms. The molecule has 0 heterocycles. The minimum absolute atomic E-state index is 0.0792. The topological polar surface area (TPSA) is 145 Å². The minimum Gasteiger partial charge on any atom is -0.481 e. The molecule has 0 aliphatic carbocycles. The normalized spacial score (nSPS) is 13.2. The van der Waals surface area contributed by atoms with Crippen LogP contribution in [0.4, 0.5) is 0 Å². The Balaban J connectivity index is 2.00.